The molecule has 2 rings (SSSR count). The van der Waals surface area contributed by atoms with Gasteiger partial charge < -0.3 is 0 Å². The van der Waals surface area contributed by atoms with Crippen LogP contribution in [0.1, 0.15) is 15.9 Å². The maximum atomic E-state index is 13.0. The first-order valence-corrected chi connectivity index (χ1v) is 7.12. The molecule has 2 nitrogen and oxygen atoms in total. The van der Waals surface area contributed by atoms with Crippen LogP contribution in [0.25, 0.3) is 0 Å². The average molecular weight is 276 g/mol. The fourth-order valence-corrected chi connectivity index (χ4v) is 2.65. The first-order valence-electron chi connectivity index (χ1n) is 5.80. The number of carbonyl (C=O) groups excluding carboxylic acids is 1. The zero-order valence-corrected chi connectivity index (χ0v) is 11.2. The van der Waals surface area contributed by atoms with Crippen molar-refractivity contribution in [1.29, 1.82) is 0 Å². The van der Waals surface area contributed by atoms with Crippen molar-refractivity contribution in [3.63, 3.8) is 0 Å². The zero-order valence-electron chi connectivity index (χ0n) is 10.4. The number of Topliss-reactive ketones (excluding diaryl/α,β-unsaturated/α-hetero) is 1. The molecule has 1 atom stereocenters. The monoisotopic (exact) mass is 276 g/mol. The lowest BCUT2D eigenvalue weighted by atomic mass is 10.1. The van der Waals surface area contributed by atoms with Crippen LogP contribution in [0.4, 0.5) is 4.39 Å². The summed E-state index contributed by atoms with van der Waals surface area (Å²) in [6.45, 7) is 1.94. The summed E-state index contributed by atoms with van der Waals surface area (Å²) in [5.41, 5.74) is 1.32. The summed E-state index contributed by atoms with van der Waals surface area (Å²) in [6, 6.07) is 12.6. The number of ketones is 1. The summed E-state index contributed by atoms with van der Waals surface area (Å²) in [5.74, 6) is -0.919. The largest absolute Gasteiger partial charge is 0.293 e. The van der Waals surface area contributed by atoms with Gasteiger partial charge in [-0.3, -0.25) is 9.00 Å². The molecule has 0 saturated carbocycles. The second-order valence-corrected chi connectivity index (χ2v) is 5.69. The first kappa shape index (κ1) is 13.6. The van der Waals surface area contributed by atoms with Crippen LogP contribution >= 0.6 is 0 Å². The van der Waals surface area contributed by atoms with Gasteiger partial charge in [-0.1, -0.05) is 29.8 Å². The second kappa shape index (κ2) is 5.89. The van der Waals surface area contributed by atoms with E-state index in [0.29, 0.717) is 4.90 Å². The van der Waals surface area contributed by atoms with E-state index in [2.05, 4.69) is 0 Å². The molecule has 2 aromatic carbocycles. The van der Waals surface area contributed by atoms with E-state index in [1.807, 2.05) is 19.1 Å². The summed E-state index contributed by atoms with van der Waals surface area (Å²) in [6.07, 6.45) is 0. The normalized spacial score (nSPS) is 12.1. The number of carbonyl (C=O) groups is 1. The molecule has 0 aliphatic carbocycles. The maximum absolute atomic E-state index is 13.0. The lowest BCUT2D eigenvalue weighted by Crippen LogP contribution is -2.11. The minimum Gasteiger partial charge on any atom is -0.293 e. The lowest BCUT2D eigenvalue weighted by Gasteiger charge is -2.03. The van der Waals surface area contributed by atoms with Crippen LogP contribution in [0.5, 0.6) is 0 Å². The van der Waals surface area contributed by atoms with Crippen LogP contribution in [-0.4, -0.2) is 15.7 Å². The van der Waals surface area contributed by atoms with Crippen LogP contribution in [0.2, 0.25) is 0 Å². The predicted octanol–water partition coefficient (Wildman–Crippen LogP) is 3.12. The van der Waals surface area contributed by atoms with E-state index in [1.54, 1.807) is 12.1 Å². The Morgan fingerprint density at radius 1 is 1.16 bits per heavy atom. The summed E-state index contributed by atoms with van der Waals surface area (Å²) in [4.78, 5) is 12.5. The van der Waals surface area contributed by atoms with Crippen LogP contribution in [0, 0.1) is 12.7 Å². The molecule has 0 aromatic heterocycles. The van der Waals surface area contributed by atoms with Crippen molar-refractivity contribution < 1.29 is 13.4 Å². The van der Waals surface area contributed by atoms with Gasteiger partial charge in [-0.25, -0.2) is 4.39 Å². The van der Waals surface area contributed by atoms with Gasteiger partial charge in [-0.05, 0) is 31.2 Å². The zero-order chi connectivity index (χ0) is 13.8. The fraction of sp³-hybridized carbons (Fsp3) is 0.133. The van der Waals surface area contributed by atoms with Crippen molar-refractivity contribution in [1.82, 2.24) is 0 Å². The van der Waals surface area contributed by atoms with Crippen LogP contribution < -0.4 is 0 Å². The van der Waals surface area contributed by atoms with Gasteiger partial charge in [0.15, 0.2) is 5.78 Å². The molecule has 19 heavy (non-hydrogen) atoms. The molecule has 98 valence electrons. The Hall–Kier alpha value is -1.81. The van der Waals surface area contributed by atoms with Crippen molar-refractivity contribution in [3.05, 3.63) is 65.5 Å². The van der Waals surface area contributed by atoms with E-state index < -0.39 is 16.6 Å². The lowest BCUT2D eigenvalue weighted by molar-refractivity contribution is 0.102. The Labute approximate surface area is 113 Å². The van der Waals surface area contributed by atoms with E-state index in [0.717, 1.165) is 11.6 Å². The highest BCUT2D eigenvalue weighted by Crippen LogP contribution is 2.11. The molecule has 0 aliphatic heterocycles. The predicted molar refractivity (Wildman–Crippen MR) is 73.2 cm³/mol. The van der Waals surface area contributed by atoms with Crippen molar-refractivity contribution in [2.45, 2.75) is 11.8 Å². The maximum Gasteiger partial charge on any atom is 0.175 e. The van der Waals surface area contributed by atoms with Gasteiger partial charge in [0.1, 0.15) is 5.82 Å². The molecular weight excluding hydrogens is 263 g/mol. The Morgan fingerprint density at radius 2 is 1.84 bits per heavy atom. The second-order valence-electron chi connectivity index (χ2n) is 4.24. The van der Waals surface area contributed by atoms with Crippen LogP contribution in [0.15, 0.2) is 53.4 Å². The Bertz CT molecular complexity index is 620. The van der Waals surface area contributed by atoms with Gasteiger partial charge >= 0.3 is 0 Å². The van der Waals surface area contributed by atoms with Gasteiger partial charge in [-0.2, -0.15) is 0 Å². The minimum absolute atomic E-state index is 0.132. The fourth-order valence-electron chi connectivity index (χ4n) is 1.64. The molecule has 2 aromatic rings. The third kappa shape index (κ3) is 3.58. The summed E-state index contributed by atoms with van der Waals surface area (Å²) in [5, 5.41) is 0. The summed E-state index contributed by atoms with van der Waals surface area (Å²) >= 11 is 0. The molecule has 4 heteroatoms. The van der Waals surface area contributed by atoms with E-state index in [-0.39, 0.29) is 17.1 Å². The molecule has 0 N–H and O–H groups in total. The van der Waals surface area contributed by atoms with Gasteiger partial charge in [0.2, 0.25) is 0 Å². The van der Waals surface area contributed by atoms with Crippen molar-refractivity contribution in [2.24, 2.45) is 0 Å². The first-order chi connectivity index (χ1) is 9.06. The van der Waals surface area contributed by atoms with E-state index in [4.69, 9.17) is 0 Å². The third-order valence-corrected chi connectivity index (χ3v) is 4.01. The van der Waals surface area contributed by atoms with Crippen molar-refractivity contribution >= 4 is 16.6 Å². The van der Waals surface area contributed by atoms with Gasteiger partial charge in [0, 0.05) is 10.5 Å². The standard InChI is InChI=1S/C15H13FO2S/c1-11-5-7-14(8-6-11)19(18)10-15(17)12-3-2-4-13(16)9-12/h2-9H,10H2,1H3. The molecule has 0 aliphatic rings. The van der Waals surface area contributed by atoms with Crippen LogP contribution in [-0.2, 0) is 10.8 Å². The number of aryl methyl sites for hydroxylation is 1. The summed E-state index contributed by atoms with van der Waals surface area (Å²) in [7, 11) is -1.40. The molecule has 0 saturated heterocycles. The number of hydrogen-bond donors (Lipinski definition) is 0. The average Bonchev–Trinajstić information content (AvgIpc) is 2.39. The van der Waals surface area contributed by atoms with Crippen LogP contribution in [0.3, 0.4) is 0 Å². The molecule has 0 bridgehead atoms. The van der Waals surface area contributed by atoms with Crippen molar-refractivity contribution in [3.8, 4) is 0 Å². The molecule has 0 amide bonds. The number of hydrogen-bond acceptors (Lipinski definition) is 2. The highest BCUT2D eigenvalue weighted by Gasteiger charge is 2.12. The van der Waals surface area contributed by atoms with Gasteiger partial charge in [-0.15, -0.1) is 0 Å². The Morgan fingerprint density at radius 3 is 2.47 bits per heavy atom. The topological polar surface area (TPSA) is 34.1 Å². The van der Waals surface area contributed by atoms with Crippen molar-refractivity contribution in [2.75, 3.05) is 5.75 Å². The van der Waals surface area contributed by atoms with E-state index in [9.17, 15) is 13.4 Å². The molecule has 0 spiro atoms. The number of rotatable bonds is 4. The third-order valence-electron chi connectivity index (χ3n) is 2.69. The Kier molecular flexibility index (Phi) is 4.22. The molecule has 0 fully saturated rings. The van der Waals surface area contributed by atoms with E-state index >= 15 is 0 Å². The highest BCUT2D eigenvalue weighted by molar-refractivity contribution is 7.85. The quantitative estimate of drug-likeness (QED) is 0.804. The van der Waals surface area contributed by atoms with Gasteiger partial charge in [0.05, 0.1) is 16.6 Å². The van der Waals surface area contributed by atoms with Gasteiger partial charge in [0.25, 0.3) is 0 Å². The smallest absolute Gasteiger partial charge is 0.175 e. The molecular formula is C15H13FO2S. The molecule has 0 radical (unpaired) electrons. The molecule has 0 heterocycles. The van der Waals surface area contributed by atoms with E-state index in [1.165, 1.54) is 18.2 Å². The Balaban J connectivity index is 2.11. The number of halogens is 1. The summed E-state index contributed by atoms with van der Waals surface area (Å²) < 4.78 is 25.0. The minimum atomic E-state index is -1.40. The highest BCUT2D eigenvalue weighted by atomic mass is 32.2. The SMILES string of the molecule is Cc1ccc(S(=O)CC(=O)c2cccc(F)c2)cc1. The molecule has 1 unspecified atom stereocenters. The number of benzene rings is 2.